The standard InChI is InChI=1S/C11H12BrN5O/c1-2-8-5-9(12)3-4-10(8)14-11(18)6-17-7-13-15-16-17/h3-5,7H,2,6H2,1H3,(H,14,18). The lowest BCUT2D eigenvalue weighted by Gasteiger charge is -2.10. The molecule has 94 valence electrons. The van der Waals surface area contributed by atoms with Crippen LogP contribution < -0.4 is 5.32 Å². The van der Waals surface area contributed by atoms with Crippen molar-refractivity contribution < 1.29 is 4.79 Å². The topological polar surface area (TPSA) is 72.7 Å². The summed E-state index contributed by atoms with van der Waals surface area (Å²) in [5, 5.41) is 13.4. The molecule has 0 fully saturated rings. The molecule has 1 N–H and O–H groups in total. The molecule has 1 aromatic carbocycles. The molecular formula is C11H12BrN5O. The number of aromatic nitrogens is 4. The molecule has 0 atom stereocenters. The molecule has 1 heterocycles. The van der Waals surface area contributed by atoms with Crippen LogP contribution in [0, 0.1) is 0 Å². The van der Waals surface area contributed by atoms with Gasteiger partial charge in [-0.05, 0) is 40.6 Å². The lowest BCUT2D eigenvalue weighted by molar-refractivity contribution is -0.116. The summed E-state index contributed by atoms with van der Waals surface area (Å²) in [5.41, 5.74) is 1.90. The van der Waals surface area contributed by atoms with E-state index in [9.17, 15) is 4.79 Å². The van der Waals surface area contributed by atoms with Crippen LogP contribution in [0.25, 0.3) is 0 Å². The van der Waals surface area contributed by atoms with Gasteiger partial charge < -0.3 is 5.32 Å². The largest absolute Gasteiger partial charge is 0.324 e. The zero-order valence-corrected chi connectivity index (χ0v) is 11.4. The second-order valence-corrected chi connectivity index (χ2v) is 4.63. The quantitative estimate of drug-likeness (QED) is 0.932. The Morgan fingerprint density at radius 2 is 2.33 bits per heavy atom. The Kier molecular flexibility index (Phi) is 4.03. The van der Waals surface area contributed by atoms with Gasteiger partial charge in [0.25, 0.3) is 0 Å². The fraction of sp³-hybridized carbons (Fsp3) is 0.273. The molecule has 1 aromatic heterocycles. The smallest absolute Gasteiger partial charge is 0.246 e. The molecule has 7 heteroatoms. The molecule has 0 radical (unpaired) electrons. The van der Waals surface area contributed by atoms with Crippen LogP contribution >= 0.6 is 15.9 Å². The Morgan fingerprint density at radius 3 is 3.00 bits per heavy atom. The predicted octanol–water partition coefficient (Wildman–Crippen LogP) is 1.64. The van der Waals surface area contributed by atoms with Gasteiger partial charge in [0.2, 0.25) is 5.91 Å². The maximum Gasteiger partial charge on any atom is 0.246 e. The number of anilines is 1. The van der Waals surface area contributed by atoms with E-state index in [2.05, 4.69) is 36.8 Å². The van der Waals surface area contributed by atoms with Crippen molar-refractivity contribution in [3.05, 3.63) is 34.6 Å². The van der Waals surface area contributed by atoms with Gasteiger partial charge in [-0.1, -0.05) is 22.9 Å². The van der Waals surface area contributed by atoms with E-state index in [0.717, 1.165) is 22.1 Å². The van der Waals surface area contributed by atoms with E-state index in [-0.39, 0.29) is 12.5 Å². The molecule has 0 aliphatic carbocycles. The number of amides is 1. The average molecular weight is 310 g/mol. The lowest BCUT2D eigenvalue weighted by Crippen LogP contribution is -2.19. The number of rotatable bonds is 4. The van der Waals surface area contributed by atoms with Crippen LogP contribution in [0.5, 0.6) is 0 Å². The number of hydrogen-bond acceptors (Lipinski definition) is 4. The minimum Gasteiger partial charge on any atom is -0.324 e. The van der Waals surface area contributed by atoms with Crippen LogP contribution in [-0.4, -0.2) is 26.1 Å². The molecule has 0 unspecified atom stereocenters. The normalized spacial score (nSPS) is 10.3. The molecule has 0 bridgehead atoms. The molecule has 0 spiro atoms. The summed E-state index contributed by atoms with van der Waals surface area (Å²) in [6, 6.07) is 5.76. The molecule has 0 saturated heterocycles. The van der Waals surface area contributed by atoms with Crippen molar-refractivity contribution in [2.75, 3.05) is 5.32 Å². The highest BCUT2D eigenvalue weighted by atomic mass is 79.9. The number of tetrazole rings is 1. The third kappa shape index (κ3) is 3.13. The summed E-state index contributed by atoms with van der Waals surface area (Å²) >= 11 is 3.41. The third-order valence-corrected chi connectivity index (χ3v) is 2.91. The minimum atomic E-state index is -0.153. The maximum absolute atomic E-state index is 11.8. The number of halogens is 1. The van der Waals surface area contributed by atoms with Crippen molar-refractivity contribution >= 4 is 27.5 Å². The summed E-state index contributed by atoms with van der Waals surface area (Å²) in [7, 11) is 0. The summed E-state index contributed by atoms with van der Waals surface area (Å²) in [4.78, 5) is 11.8. The van der Waals surface area contributed by atoms with Crippen LogP contribution in [0.4, 0.5) is 5.69 Å². The van der Waals surface area contributed by atoms with Crippen molar-refractivity contribution in [1.29, 1.82) is 0 Å². The Bertz CT molecular complexity index is 540. The van der Waals surface area contributed by atoms with Gasteiger partial charge in [0.15, 0.2) is 0 Å². The Labute approximate surface area is 113 Å². The van der Waals surface area contributed by atoms with Gasteiger partial charge in [-0.15, -0.1) is 5.10 Å². The van der Waals surface area contributed by atoms with Crippen molar-refractivity contribution in [1.82, 2.24) is 20.2 Å². The van der Waals surface area contributed by atoms with E-state index in [1.165, 1.54) is 11.0 Å². The van der Waals surface area contributed by atoms with Crippen molar-refractivity contribution in [3.8, 4) is 0 Å². The second kappa shape index (κ2) is 5.72. The van der Waals surface area contributed by atoms with Gasteiger partial charge in [-0.3, -0.25) is 4.79 Å². The van der Waals surface area contributed by atoms with Crippen LogP contribution in [0.2, 0.25) is 0 Å². The number of hydrogen-bond donors (Lipinski definition) is 1. The molecule has 1 amide bonds. The molecule has 0 aliphatic rings. The van der Waals surface area contributed by atoms with Gasteiger partial charge in [0.05, 0.1) is 0 Å². The lowest BCUT2D eigenvalue weighted by atomic mass is 10.1. The van der Waals surface area contributed by atoms with Gasteiger partial charge in [0.1, 0.15) is 12.9 Å². The van der Waals surface area contributed by atoms with Crippen molar-refractivity contribution in [3.63, 3.8) is 0 Å². The van der Waals surface area contributed by atoms with E-state index in [1.54, 1.807) is 0 Å². The highest BCUT2D eigenvalue weighted by Gasteiger charge is 2.07. The second-order valence-electron chi connectivity index (χ2n) is 3.71. The molecule has 2 aromatic rings. The Morgan fingerprint density at radius 1 is 1.50 bits per heavy atom. The Balaban J connectivity index is 2.07. The minimum absolute atomic E-state index is 0.103. The highest BCUT2D eigenvalue weighted by molar-refractivity contribution is 9.10. The number of carbonyl (C=O) groups excluding carboxylic acids is 1. The molecule has 0 saturated carbocycles. The summed E-state index contributed by atoms with van der Waals surface area (Å²) in [6.07, 6.45) is 2.25. The molecule has 2 rings (SSSR count). The van der Waals surface area contributed by atoms with E-state index >= 15 is 0 Å². The first-order chi connectivity index (χ1) is 8.69. The van der Waals surface area contributed by atoms with Crippen LogP contribution in [0.3, 0.4) is 0 Å². The van der Waals surface area contributed by atoms with E-state index in [4.69, 9.17) is 0 Å². The predicted molar refractivity (Wildman–Crippen MR) is 70.0 cm³/mol. The third-order valence-electron chi connectivity index (χ3n) is 2.42. The van der Waals surface area contributed by atoms with Crippen LogP contribution in [0.1, 0.15) is 12.5 Å². The van der Waals surface area contributed by atoms with Gasteiger partial charge in [-0.25, -0.2) is 4.68 Å². The first kappa shape index (κ1) is 12.7. The van der Waals surface area contributed by atoms with E-state index in [0.29, 0.717) is 0 Å². The number of aryl methyl sites for hydroxylation is 1. The average Bonchev–Trinajstić information content (AvgIpc) is 2.84. The fourth-order valence-corrected chi connectivity index (χ4v) is 1.97. The van der Waals surface area contributed by atoms with E-state index < -0.39 is 0 Å². The molecular weight excluding hydrogens is 298 g/mol. The molecule has 18 heavy (non-hydrogen) atoms. The Hall–Kier alpha value is -1.76. The monoisotopic (exact) mass is 309 g/mol. The first-order valence-corrected chi connectivity index (χ1v) is 6.27. The van der Waals surface area contributed by atoms with Gasteiger partial charge >= 0.3 is 0 Å². The van der Waals surface area contributed by atoms with Crippen LogP contribution in [0.15, 0.2) is 29.0 Å². The molecule has 6 nitrogen and oxygen atoms in total. The number of nitrogens with zero attached hydrogens (tertiary/aromatic N) is 4. The molecule has 0 aliphatic heterocycles. The van der Waals surface area contributed by atoms with Crippen molar-refractivity contribution in [2.24, 2.45) is 0 Å². The SMILES string of the molecule is CCc1cc(Br)ccc1NC(=O)Cn1cnnn1. The zero-order chi connectivity index (χ0) is 13.0. The number of nitrogens with one attached hydrogen (secondary N) is 1. The summed E-state index contributed by atoms with van der Waals surface area (Å²) < 4.78 is 2.37. The summed E-state index contributed by atoms with van der Waals surface area (Å²) in [6.45, 7) is 2.14. The highest BCUT2D eigenvalue weighted by Crippen LogP contribution is 2.21. The van der Waals surface area contributed by atoms with E-state index in [1.807, 2.05) is 25.1 Å². The van der Waals surface area contributed by atoms with Gasteiger partial charge in [0, 0.05) is 10.2 Å². The van der Waals surface area contributed by atoms with Crippen LogP contribution in [-0.2, 0) is 17.8 Å². The first-order valence-electron chi connectivity index (χ1n) is 5.48. The zero-order valence-electron chi connectivity index (χ0n) is 9.80. The maximum atomic E-state index is 11.8. The number of carbonyl (C=O) groups is 1. The summed E-state index contributed by atoms with van der Waals surface area (Å²) in [5.74, 6) is -0.153. The number of benzene rings is 1. The fourth-order valence-electron chi connectivity index (χ4n) is 1.57. The van der Waals surface area contributed by atoms with Gasteiger partial charge in [-0.2, -0.15) is 0 Å². The van der Waals surface area contributed by atoms with Crippen molar-refractivity contribution in [2.45, 2.75) is 19.9 Å².